The summed E-state index contributed by atoms with van der Waals surface area (Å²) in [6.07, 6.45) is 9.49. The summed E-state index contributed by atoms with van der Waals surface area (Å²) in [7, 11) is 3.98. The van der Waals surface area contributed by atoms with E-state index in [0.717, 1.165) is 61.2 Å². The summed E-state index contributed by atoms with van der Waals surface area (Å²) in [5.74, 6) is 0.822. The standard InChI is InChI=1S/C29H42N4O3/c1-4-5-11-26-25(21-12-14-24(15-13-21)36-23-9-7-6-8-10-23)18-27(31-30-26)29(35)33-17-16-28(34)22(20-33)19-32(2)3/h12-15,18,22-23,28,34H,4-11,16-17,19-20H2,1-3H3. The van der Waals surface area contributed by atoms with E-state index < -0.39 is 0 Å². The van der Waals surface area contributed by atoms with Crippen molar-refractivity contribution in [1.29, 1.82) is 0 Å². The monoisotopic (exact) mass is 494 g/mol. The van der Waals surface area contributed by atoms with Gasteiger partial charge in [0.1, 0.15) is 5.75 Å². The highest BCUT2D eigenvalue weighted by atomic mass is 16.5. The third-order valence-corrected chi connectivity index (χ3v) is 7.46. The zero-order valence-electron chi connectivity index (χ0n) is 22.2. The van der Waals surface area contributed by atoms with Gasteiger partial charge in [-0.2, -0.15) is 5.10 Å². The molecular weight excluding hydrogens is 452 g/mol. The molecule has 1 aromatic carbocycles. The lowest BCUT2D eigenvalue weighted by Crippen LogP contribution is -2.49. The fourth-order valence-electron chi connectivity index (χ4n) is 5.40. The lowest BCUT2D eigenvalue weighted by atomic mass is 9.94. The second-order valence-electron chi connectivity index (χ2n) is 10.7. The van der Waals surface area contributed by atoms with Crippen LogP contribution >= 0.6 is 0 Å². The first-order valence-electron chi connectivity index (χ1n) is 13.7. The highest BCUT2D eigenvalue weighted by molar-refractivity contribution is 5.93. The van der Waals surface area contributed by atoms with Crippen molar-refractivity contribution >= 4 is 5.91 Å². The number of ether oxygens (including phenoxy) is 1. The van der Waals surface area contributed by atoms with Crippen molar-refractivity contribution < 1.29 is 14.6 Å². The van der Waals surface area contributed by atoms with Gasteiger partial charge in [0, 0.05) is 31.1 Å². The number of aliphatic hydroxyl groups is 1. The second-order valence-corrected chi connectivity index (χ2v) is 10.7. The Hall–Kier alpha value is -2.51. The molecule has 4 rings (SSSR count). The van der Waals surface area contributed by atoms with Crippen molar-refractivity contribution in [3.05, 3.63) is 41.7 Å². The van der Waals surface area contributed by atoms with Crippen LogP contribution in [0.4, 0.5) is 0 Å². The van der Waals surface area contributed by atoms with E-state index in [0.29, 0.717) is 31.3 Å². The predicted octanol–water partition coefficient (Wildman–Crippen LogP) is 4.58. The minimum atomic E-state index is -0.385. The van der Waals surface area contributed by atoms with Gasteiger partial charge in [-0.3, -0.25) is 4.79 Å². The normalized spacial score (nSPS) is 21.1. The largest absolute Gasteiger partial charge is 0.490 e. The van der Waals surface area contributed by atoms with Crippen LogP contribution in [0, 0.1) is 5.92 Å². The zero-order chi connectivity index (χ0) is 25.5. The first kappa shape index (κ1) is 26.6. The smallest absolute Gasteiger partial charge is 0.274 e. The van der Waals surface area contributed by atoms with Crippen molar-refractivity contribution in [2.24, 2.45) is 5.92 Å². The third-order valence-electron chi connectivity index (χ3n) is 7.46. The molecule has 36 heavy (non-hydrogen) atoms. The summed E-state index contributed by atoms with van der Waals surface area (Å²) >= 11 is 0. The van der Waals surface area contributed by atoms with Crippen LogP contribution in [0.3, 0.4) is 0 Å². The molecule has 1 aliphatic carbocycles. The SMILES string of the molecule is CCCCc1nnc(C(=O)N2CCC(O)C(CN(C)C)C2)cc1-c1ccc(OC2CCCCC2)cc1. The van der Waals surface area contributed by atoms with Gasteiger partial charge < -0.3 is 19.6 Å². The van der Waals surface area contributed by atoms with E-state index in [4.69, 9.17) is 4.74 Å². The minimum absolute atomic E-state index is 0.0330. The van der Waals surface area contributed by atoms with Gasteiger partial charge in [0.05, 0.1) is 17.9 Å². The van der Waals surface area contributed by atoms with Crippen LogP contribution in [0.25, 0.3) is 11.1 Å². The summed E-state index contributed by atoms with van der Waals surface area (Å²) in [6.45, 7) is 3.97. The quantitative estimate of drug-likeness (QED) is 0.550. The summed E-state index contributed by atoms with van der Waals surface area (Å²) in [5.41, 5.74) is 3.29. The summed E-state index contributed by atoms with van der Waals surface area (Å²) in [6, 6.07) is 10.1. The maximum absolute atomic E-state index is 13.4. The van der Waals surface area contributed by atoms with Gasteiger partial charge in [-0.15, -0.1) is 5.10 Å². The van der Waals surface area contributed by atoms with E-state index in [-0.39, 0.29) is 17.9 Å². The molecule has 0 radical (unpaired) electrons. The molecule has 1 saturated carbocycles. The average molecular weight is 495 g/mol. The number of carbonyl (C=O) groups is 1. The molecule has 1 amide bonds. The van der Waals surface area contributed by atoms with E-state index >= 15 is 0 Å². The molecule has 196 valence electrons. The number of aryl methyl sites for hydroxylation is 1. The fraction of sp³-hybridized carbons (Fsp3) is 0.621. The van der Waals surface area contributed by atoms with Gasteiger partial charge in [-0.05, 0) is 82.8 Å². The second kappa shape index (κ2) is 12.6. The van der Waals surface area contributed by atoms with Crippen molar-refractivity contribution in [1.82, 2.24) is 20.0 Å². The molecule has 7 heteroatoms. The Morgan fingerprint density at radius 3 is 2.56 bits per heavy atom. The van der Waals surface area contributed by atoms with E-state index in [1.165, 1.54) is 19.3 Å². The Morgan fingerprint density at radius 2 is 1.86 bits per heavy atom. The molecule has 2 unspecified atom stereocenters. The molecule has 1 saturated heterocycles. The molecule has 1 aliphatic heterocycles. The zero-order valence-corrected chi connectivity index (χ0v) is 22.2. The van der Waals surface area contributed by atoms with Gasteiger partial charge in [-0.25, -0.2) is 0 Å². The molecule has 2 aromatic rings. The molecule has 2 heterocycles. The minimum Gasteiger partial charge on any atom is -0.490 e. The molecule has 7 nitrogen and oxygen atoms in total. The highest BCUT2D eigenvalue weighted by Crippen LogP contribution is 2.29. The first-order valence-corrected chi connectivity index (χ1v) is 13.7. The Morgan fingerprint density at radius 1 is 1.11 bits per heavy atom. The highest BCUT2D eigenvalue weighted by Gasteiger charge is 2.32. The number of piperidine rings is 1. The third kappa shape index (κ3) is 6.83. The fourth-order valence-corrected chi connectivity index (χ4v) is 5.40. The summed E-state index contributed by atoms with van der Waals surface area (Å²) < 4.78 is 6.22. The average Bonchev–Trinajstić information content (AvgIpc) is 2.89. The number of rotatable bonds is 9. The van der Waals surface area contributed by atoms with Crippen molar-refractivity contribution in [3.8, 4) is 16.9 Å². The van der Waals surface area contributed by atoms with Crippen LogP contribution in [-0.2, 0) is 6.42 Å². The van der Waals surface area contributed by atoms with Crippen molar-refractivity contribution in [2.75, 3.05) is 33.7 Å². The first-order chi connectivity index (χ1) is 17.4. The number of amides is 1. The molecule has 0 spiro atoms. The molecule has 2 atom stereocenters. The lowest BCUT2D eigenvalue weighted by Gasteiger charge is -2.37. The van der Waals surface area contributed by atoms with Gasteiger partial charge in [-0.1, -0.05) is 31.9 Å². The van der Waals surface area contributed by atoms with Crippen LogP contribution in [0.2, 0.25) is 0 Å². The number of carbonyl (C=O) groups excluding carboxylic acids is 1. The van der Waals surface area contributed by atoms with E-state index in [1.807, 2.05) is 37.2 Å². The van der Waals surface area contributed by atoms with Crippen LogP contribution in [0.5, 0.6) is 5.75 Å². The molecular formula is C29H42N4O3. The summed E-state index contributed by atoms with van der Waals surface area (Å²) in [5, 5.41) is 19.3. The van der Waals surface area contributed by atoms with Crippen molar-refractivity contribution in [3.63, 3.8) is 0 Å². The molecule has 1 N–H and O–H groups in total. The van der Waals surface area contributed by atoms with Crippen LogP contribution < -0.4 is 4.74 Å². The van der Waals surface area contributed by atoms with Crippen LogP contribution in [0.1, 0.15) is 74.5 Å². The number of hydrogen-bond acceptors (Lipinski definition) is 6. The number of unbranched alkanes of at least 4 members (excludes halogenated alkanes) is 1. The summed E-state index contributed by atoms with van der Waals surface area (Å²) in [4.78, 5) is 17.3. The van der Waals surface area contributed by atoms with Gasteiger partial charge >= 0.3 is 0 Å². The Kier molecular flexibility index (Phi) is 9.32. The van der Waals surface area contributed by atoms with E-state index in [1.54, 1.807) is 0 Å². The van der Waals surface area contributed by atoms with Crippen LogP contribution in [-0.4, -0.2) is 76.9 Å². The number of aromatic nitrogens is 2. The number of benzene rings is 1. The molecule has 2 aliphatic rings. The Bertz CT molecular complexity index is 989. The van der Waals surface area contributed by atoms with Crippen molar-refractivity contribution in [2.45, 2.75) is 76.9 Å². The van der Waals surface area contributed by atoms with Gasteiger partial charge in [0.25, 0.3) is 5.91 Å². The lowest BCUT2D eigenvalue weighted by molar-refractivity contribution is 0.0155. The number of likely N-dealkylation sites (tertiary alicyclic amines) is 1. The number of hydrogen-bond donors (Lipinski definition) is 1. The molecule has 2 fully saturated rings. The Labute approximate surface area is 215 Å². The topological polar surface area (TPSA) is 78.8 Å². The van der Waals surface area contributed by atoms with E-state index in [2.05, 4.69) is 34.2 Å². The van der Waals surface area contributed by atoms with Crippen LogP contribution in [0.15, 0.2) is 30.3 Å². The Balaban J connectivity index is 1.53. The number of aliphatic hydroxyl groups excluding tert-OH is 1. The molecule has 0 bridgehead atoms. The predicted molar refractivity (Wildman–Crippen MR) is 142 cm³/mol. The van der Waals surface area contributed by atoms with Gasteiger partial charge in [0.15, 0.2) is 5.69 Å². The maximum Gasteiger partial charge on any atom is 0.274 e. The maximum atomic E-state index is 13.4. The number of nitrogens with zero attached hydrogens (tertiary/aromatic N) is 4. The van der Waals surface area contributed by atoms with Gasteiger partial charge in [0.2, 0.25) is 0 Å². The van der Waals surface area contributed by atoms with E-state index in [9.17, 15) is 9.90 Å². The molecule has 1 aromatic heterocycles.